The van der Waals surface area contributed by atoms with Crippen molar-refractivity contribution >= 4 is 29.0 Å². The molecule has 0 radical (unpaired) electrons. The Balaban J connectivity index is 2.42. The number of carbonyl (C=O) groups is 1. The van der Waals surface area contributed by atoms with Gasteiger partial charge < -0.3 is 0 Å². The molecule has 0 saturated carbocycles. The lowest BCUT2D eigenvalue weighted by Gasteiger charge is -2.00. The summed E-state index contributed by atoms with van der Waals surface area (Å²) in [6, 6.07) is 6.37. The van der Waals surface area contributed by atoms with Crippen LogP contribution < -0.4 is 0 Å². The van der Waals surface area contributed by atoms with Crippen LogP contribution in [0, 0.1) is 0 Å². The first-order chi connectivity index (χ1) is 7.66. The maximum atomic E-state index is 11.9. The highest BCUT2D eigenvalue weighted by Crippen LogP contribution is 2.13. The molecule has 2 rings (SSSR count). The minimum atomic E-state index is -0.341. The molecule has 0 fully saturated rings. The maximum absolute atomic E-state index is 11.9. The number of hydrogen-bond acceptors (Lipinski definition) is 4. The number of rotatable bonds is 2. The van der Waals surface area contributed by atoms with Crippen molar-refractivity contribution in [2.75, 3.05) is 0 Å². The molecular formula is C10H5Cl2N3O. The normalized spacial score (nSPS) is 10.1. The summed E-state index contributed by atoms with van der Waals surface area (Å²) in [7, 11) is 0. The highest BCUT2D eigenvalue weighted by atomic mass is 35.5. The molecule has 0 unspecified atom stereocenters. The molecule has 80 valence electrons. The SMILES string of the molecule is O=C(c1ccccn1)c1cc(Cl)nc(Cl)n1. The Morgan fingerprint density at radius 1 is 1.12 bits per heavy atom. The maximum Gasteiger partial charge on any atom is 0.229 e. The van der Waals surface area contributed by atoms with Crippen molar-refractivity contribution in [1.82, 2.24) is 15.0 Å². The summed E-state index contributed by atoms with van der Waals surface area (Å²) in [6.07, 6.45) is 1.53. The van der Waals surface area contributed by atoms with Crippen molar-refractivity contribution in [2.24, 2.45) is 0 Å². The molecule has 2 heterocycles. The molecular weight excluding hydrogens is 249 g/mol. The molecule has 0 aromatic carbocycles. The van der Waals surface area contributed by atoms with E-state index in [2.05, 4.69) is 15.0 Å². The standard InChI is InChI=1S/C10H5Cl2N3O/c11-8-5-7(14-10(12)15-8)9(16)6-3-1-2-4-13-6/h1-5H. The smallest absolute Gasteiger partial charge is 0.229 e. The topological polar surface area (TPSA) is 55.7 Å². The van der Waals surface area contributed by atoms with E-state index in [0.29, 0.717) is 0 Å². The molecule has 0 aliphatic rings. The fourth-order valence-electron chi connectivity index (χ4n) is 1.13. The summed E-state index contributed by atoms with van der Waals surface area (Å²) in [5, 5.41) is 0.0612. The Labute approximate surface area is 101 Å². The Hall–Kier alpha value is -1.52. The lowest BCUT2D eigenvalue weighted by Crippen LogP contribution is -2.06. The lowest BCUT2D eigenvalue weighted by molar-refractivity contribution is 0.102. The molecule has 2 aromatic heterocycles. The zero-order valence-corrected chi connectivity index (χ0v) is 9.40. The van der Waals surface area contributed by atoms with Crippen LogP contribution in [0.15, 0.2) is 30.5 Å². The molecule has 2 aromatic rings. The van der Waals surface area contributed by atoms with E-state index in [1.807, 2.05) is 0 Å². The van der Waals surface area contributed by atoms with Crippen LogP contribution in [0.3, 0.4) is 0 Å². The zero-order chi connectivity index (χ0) is 11.5. The third-order valence-electron chi connectivity index (χ3n) is 1.80. The van der Waals surface area contributed by atoms with Crippen LogP contribution in [0.4, 0.5) is 0 Å². The monoisotopic (exact) mass is 253 g/mol. The number of carbonyl (C=O) groups excluding carboxylic acids is 1. The fraction of sp³-hybridized carbons (Fsp3) is 0. The van der Waals surface area contributed by atoms with Crippen LogP contribution >= 0.6 is 23.2 Å². The first-order valence-corrected chi connectivity index (χ1v) is 5.08. The average Bonchev–Trinajstić information content (AvgIpc) is 2.28. The number of nitrogens with zero attached hydrogens (tertiary/aromatic N) is 3. The van der Waals surface area contributed by atoms with Crippen LogP contribution in [-0.4, -0.2) is 20.7 Å². The number of halogens is 2. The van der Waals surface area contributed by atoms with Gasteiger partial charge in [-0.15, -0.1) is 0 Å². The largest absolute Gasteiger partial charge is 0.285 e. The Bertz CT molecular complexity index is 511. The lowest BCUT2D eigenvalue weighted by atomic mass is 10.2. The van der Waals surface area contributed by atoms with E-state index in [0.717, 1.165) is 0 Å². The minimum Gasteiger partial charge on any atom is -0.285 e. The van der Waals surface area contributed by atoms with Crippen LogP contribution in [0.2, 0.25) is 10.4 Å². The van der Waals surface area contributed by atoms with Gasteiger partial charge in [0.05, 0.1) is 0 Å². The van der Waals surface area contributed by atoms with Gasteiger partial charge in [-0.25, -0.2) is 9.97 Å². The number of aromatic nitrogens is 3. The summed E-state index contributed by atoms with van der Waals surface area (Å²) in [6.45, 7) is 0. The van der Waals surface area contributed by atoms with Crippen LogP contribution in [0.5, 0.6) is 0 Å². The van der Waals surface area contributed by atoms with E-state index in [1.165, 1.54) is 12.3 Å². The van der Waals surface area contributed by atoms with Crippen LogP contribution in [0.1, 0.15) is 16.2 Å². The molecule has 0 bridgehead atoms. The van der Waals surface area contributed by atoms with Crippen molar-refractivity contribution in [2.45, 2.75) is 0 Å². The van der Waals surface area contributed by atoms with E-state index < -0.39 is 0 Å². The van der Waals surface area contributed by atoms with E-state index in [1.54, 1.807) is 18.2 Å². The summed E-state index contributed by atoms with van der Waals surface area (Å²) in [4.78, 5) is 23.2. The molecule has 0 aliphatic heterocycles. The van der Waals surface area contributed by atoms with E-state index >= 15 is 0 Å². The summed E-state index contributed by atoms with van der Waals surface area (Å²) < 4.78 is 0. The molecule has 0 saturated heterocycles. The predicted molar refractivity (Wildman–Crippen MR) is 59.7 cm³/mol. The van der Waals surface area contributed by atoms with E-state index in [4.69, 9.17) is 23.2 Å². The van der Waals surface area contributed by atoms with Gasteiger partial charge in [-0.2, -0.15) is 0 Å². The van der Waals surface area contributed by atoms with Gasteiger partial charge in [0.1, 0.15) is 16.5 Å². The first kappa shape index (κ1) is 11.0. The molecule has 0 atom stereocenters. The van der Waals surface area contributed by atoms with Crippen molar-refractivity contribution in [1.29, 1.82) is 0 Å². The predicted octanol–water partition coefficient (Wildman–Crippen LogP) is 2.41. The molecule has 0 N–H and O–H groups in total. The second-order valence-electron chi connectivity index (χ2n) is 2.89. The highest BCUT2D eigenvalue weighted by molar-refractivity contribution is 6.32. The minimum absolute atomic E-state index is 0.0632. The van der Waals surface area contributed by atoms with E-state index in [9.17, 15) is 4.79 Å². The average molecular weight is 254 g/mol. The van der Waals surface area contributed by atoms with Gasteiger partial charge in [-0.1, -0.05) is 17.7 Å². The van der Waals surface area contributed by atoms with E-state index in [-0.39, 0.29) is 27.6 Å². The van der Waals surface area contributed by atoms with Gasteiger partial charge in [0, 0.05) is 12.3 Å². The summed E-state index contributed by atoms with van der Waals surface area (Å²) in [5.41, 5.74) is 0.414. The van der Waals surface area contributed by atoms with Crippen molar-refractivity contribution < 1.29 is 4.79 Å². The number of ketones is 1. The highest BCUT2D eigenvalue weighted by Gasteiger charge is 2.13. The quantitative estimate of drug-likeness (QED) is 0.469. The molecule has 0 aliphatic carbocycles. The van der Waals surface area contributed by atoms with Crippen LogP contribution in [-0.2, 0) is 0 Å². The van der Waals surface area contributed by atoms with Gasteiger partial charge in [-0.3, -0.25) is 9.78 Å². The van der Waals surface area contributed by atoms with Crippen LogP contribution in [0.25, 0.3) is 0 Å². The summed E-state index contributed by atoms with van der Waals surface area (Å²) >= 11 is 11.3. The molecule has 16 heavy (non-hydrogen) atoms. The second kappa shape index (κ2) is 4.55. The number of hydrogen-bond donors (Lipinski definition) is 0. The van der Waals surface area contributed by atoms with Gasteiger partial charge in [0.25, 0.3) is 0 Å². The van der Waals surface area contributed by atoms with Crippen molar-refractivity contribution in [3.63, 3.8) is 0 Å². The van der Waals surface area contributed by atoms with Gasteiger partial charge in [0.2, 0.25) is 11.1 Å². The molecule has 6 heteroatoms. The summed E-state index contributed by atoms with van der Waals surface area (Å²) in [5.74, 6) is -0.341. The molecule has 4 nitrogen and oxygen atoms in total. The Morgan fingerprint density at radius 2 is 1.94 bits per heavy atom. The number of pyridine rings is 1. The zero-order valence-electron chi connectivity index (χ0n) is 7.89. The van der Waals surface area contributed by atoms with Gasteiger partial charge in [0.15, 0.2) is 0 Å². The third-order valence-corrected chi connectivity index (χ3v) is 2.16. The Morgan fingerprint density at radius 3 is 2.56 bits per heavy atom. The van der Waals surface area contributed by atoms with Crippen molar-refractivity contribution in [3.05, 3.63) is 52.3 Å². The molecule has 0 amide bonds. The third kappa shape index (κ3) is 2.35. The van der Waals surface area contributed by atoms with Crippen molar-refractivity contribution in [3.8, 4) is 0 Å². The fourth-order valence-corrected chi connectivity index (χ4v) is 1.54. The second-order valence-corrected chi connectivity index (χ2v) is 3.61. The molecule has 0 spiro atoms. The Kier molecular flexibility index (Phi) is 3.12. The van der Waals surface area contributed by atoms with Gasteiger partial charge in [-0.05, 0) is 23.7 Å². The first-order valence-electron chi connectivity index (χ1n) is 4.32. The van der Waals surface area contributed by atoms with Gasteiger partial charge >= 0.3 is 0 Å².